The van der Waals surface area contributed by atoms with Gasteiger partial charge in [-0.3, -0.25) is 9.20 Å². The molecule has 0 radical (unpaired) electrons. The van der Waals surface area contributed by atoms with E-state index in [-0.39, 0.29) is 5.56 Å². The predicted octanol–water partition coefficient (Wildman–Crippen LogP) is 5.03. The lowest BCUT2D eigenvalue weighted by Crippen LogP contribution is -2.22. The van der Waals surface area contributed by atoms with Gasteiger partial charge in [-0.2, -0.15) is 0 Å². The van der Waals surface area contributed by atoms with Crippen LogP contribution in [0, 0.1) is 6.92 Å². The Morgan fingerprint density at radius 2 is 1.69 bits per heavy atom. The Bertz CT molecular complexity index is 1490. The van der Waals surface area contributed by atoms with Crippen molar-refractivity contribution >= 4 is 28.4 Å². The zero-order valence-electron chi connectivity index (χ0n) is 17.9. The first kappa shape index (κ1) is 20.3. The Morgan fingerprint density at radius 3 is 2.53 bits per heavy atom. The summed E-state index contributed by atoms with van der Waals surface area (Å²) in [7, 11) is 0. The smallest absolute Gasteiger partial charge is 0.267 e. The molecule has 6 nitrogen and oxygen atoms in total. The molecule has 0 unspecified atom stereocenters. The second-order valence-electron chi connectivity index (χ2n) is 7.39. The van der Waals surface area contributed by atoms with E-state index in [1.807, 2.05) is 85.0 Å². The van der Waals surface area contributed by atoms with Gasteiger partial charge in [0.2, 0.25) is 5.78 Å². The van der Waals surface area contributed by atoms with E-state index < -0.39 is 0 Å². The third-order valence-corrected chi connectivity index (χ3v) is 6.36. The van der Waals surface area contributed by atoms with Crippen molar-refractivity contribution in [2.24, 2.45) is 0 Å². The number of hydrogen-bond acceptors (Lipinski definition) is 5. The molecule has 0 fully saturated rings. The average molecular weight is 443 g/mol. The van der Waals surface area contributed by atoms with Gasteiger partial charge in [-0.25, -0.2) is 4.57 Å². The van der Waals surface area contributed by atoms with Crippen LogP contribution in [0.1, 0.15) is 18.1 Å². The standard InChI is InChI=1S/C25H22N4O2S/c1-3-31-22-15-9-5-11-18(22)16-32-25-27-26-24-28(20-13-7-4-10-17(20)2)23(30)19-12-6-8-14-21(19)29(24)25/h4-15H,3,16H2,1-2H3. The van der Waals surface area contributed by atoms with Crippen molar-refractivity contribution in [3.63, 3.8) is 0 Å². The summed E-state index contributed by atoms with van der Waals surface area (Å²) in [5, 5.41) is 10.3. The fourth-order valence-corrected chi connectivity index (χ4v) is 4.80. The molecule has 2 heterocycles. The lowest BCUT2D eigenvalue weighted by molar-refractivity contribution is 0.337. The summed E-state index contributed by atoms with van der Waals surface area (Å²) in [6.07, 6.45) is 0. The van der Waals surface area contributed by atoms with Gasteiger partial charge in [-0.05, 0) is 43.7 Å². The molecule has 0 bridgehead atoms. The molecular weight excluding hydrogens is 420 g/mol. The van der Waals surface area contributed by atoms with E-state index in [1.165, 1.54) is 0 Å². The first-order valence-electron chi connectivity index (χ1n) is 10.5. The SMILES string of the molecule is CCOc1ccccc1CSc1nnc2n(-c3ccccc3C)c(=O)c3ccccc3n12. The third kappa shape index (κ3) is 3.44. The molecule has 5 rings (SSSR count). The van der Waals surface area contributed by atoms with E-state index in [1.54, 1.807) is 16.3 Å². The van der Waals surface area contributed by atoms with Gasteiger partial charge >= 0.3 is 0 Å². The number of aryl methyl sites for hydroxylation is 1. The van der Waals surface area contributed by atoms with Gasteiger partial charge in [0, 0.05) is 11.3 Å². The van der Waals surface area contributed by atoms with Gasteiger partial charge in [0.15, 0.2) is 5.16 Å². The average Bonchev–Trinajstić information content (AvgIpc) is 3.24. The molecule has 0 N–H and O–H groups in total. The van der Waals surface area contributed by atoms with Crippen LogP contribution >= 0.6 is 11.8 Å². The number of benzene rings is 3. The number of para-hydroxylation sites is 3. The van der Waals surface area contributed by atoms with E-state index in [0.717, 1.165) is 33.2 Å². The van der Waals surface area contributed by atoms with Crippen LogP contribution in [0.15, 0.2) is 82.7 Å². The third-order valence-electron chi connectivity index (χ3n) is 5.38. The number of rotatable bonds is 6. The fraction of sp³-hybridized carbons (Fsp3) is 0.160. The molecule has 2 aromatic heterocycles. The molecule has 32 heavy (non-hydrogen) atoms. The van der Waals surface area contributed by atoms with Gasteiger partial charge in [0.25, 0.3) is 5.56 Å². The Balaban J connectivity index is 1.68. The second kappa shape index (κ2) is 8.51. The molecule has 0 saturated carbocycles. The molecule has 0 saturated heterocycles. The summed E-state index contributed by atoms with van der Waals surface area (Å²) in [5.74, 6) is 2.05. The van der Waals surface area contributed by atoms with E-state index >= 15 is 0 Å². The van der Waals surface area contributed by atoms with Crippen LogP contribution in [0.4, 0.5) is 0 Å². The Kier molecular flexibility index (Phi) is 5.41. The van der Waals surface area contributed by atoms with Crippen LogP contribution in [0.5, 0.6) is 5.75 Å². The van der Waals surface area contributed by atoms with Crippen molar-refractivity contribution < 1.29 is 4.74 Å². The maximum atomic E-state index is 13.5. The predicted molar refractivity (Wildman–Crippen MR) is 128 cm³/mol. The van der Waals surface area contributed by atoms with Crippen molar-refractivity contribution in [2.75, 3.05) is 6.61 Å². The lowest BCUT2D eigenvalue weighted by Gasteiger charge is -2.13. The molecule has 0 aliphatic heterocycles. The highest BCUT2D eigenvalue weighted by atomic mass is 32.2. The number of thioether (sulfide) groups is 1. The van der Waals surface area contributed by atoms with E-state index in [4.69, 9.17) is 4.74 Å². The monoisotopic (exact) mass is 442 g/mol. The van der Waals surface area contributed by atoms with Gasteiger partial charge in [-0.15, -0.1) is 10.2 Å². The number of nitrogens with zero attached hydrogens (tertiary/aromatic N) is 4. The van der Waals surface area contributed by atoms with E-state index in [0.29, 0.717) is 23.5 Å². The van der Waals surface area contributed by atoms with Gasteiger partial charge in [0.05, 0.1) is 23.2 Å². The first-order valence-corrected chi connectivity index (χ1v) is 11.5. The topological polar surface area (TPSA) is 61.4 Å². The number of aromatic nitrogens is 4. The number of ether oxygens (including phenoxy) is 1. The van der Waals surface area contributed by atoms with Crippen molar-refractivity contribution in [1.82, 2.24) is 19.2 Å². The van der Waals surface area contributed by atoms with Crippen LogP contribution < -0.4 is 10.3 Å². The summed E-state index contributed by atoms with van der Waals surface area (Å²) in [6.45, 7) is 4.58. The van der Waals surface area contributed by atoms with Crippen LogP contribution in [-0.2, 0) is 5.75 Å². The Labute approximate surface area is 189 Å². The van der Waals surface area contributed by atoms with Gasteiger partial charge < -0.3 is 4.74 Å². The highest BCUT2D eigenvalue weighted by Gasteiger charge is 2.19. The minimum Gasteiger partial charge on any atom is -0.494 e. The quantitative estimate of drug-likeness (QED) is 0.345. The molecule has 0 amide bonds. The molecule has 0 spiro atoms. The maximum absolute atomic E-state index is 13.5. The molecular formula is C25H22N4O2S. The molecule has 0 aliphatic rings. The molecule has 0 aliphatic carbocycles. The number of hydrogen-bond donors (Lipinski definition) is 0. The second-order valence-corrected chi connectivity index (χ2v) is 8.33. The van der Waals surface area contributed by atoms with Gasteiger partial charge in [-0.1, -0.05) is 60.3 Å². The normalized spacial score (nSPS) is 11.3. The lowest BCUT2D eigenvalue weighted by atomic mass is 10.2. The van der Waals surface area contributed by atoms with Crippen LogP contribution in [0.3, 0.4) is 0 Å². The van der Waals surface area contributed by atoms with Gasteiger partial charge in [0.1, 0.15) is 5.75 Å². The zero-order chi connectivity index (χ0) is 22.1. The number of fused-ring (bicyclic) bond motifs is 3. The molecule has 5 aromatic rings. The molecule has 3 aromatic carbocycles. The van der Waals surface area contributed by atoms with Crippen LogP contribution in [-0.4, -0.2) is 25.8 Å². The largest absolute Gasteiger partial charge is 0.494 e. The summed E-state index contributed by atoms with van der Waals surface area (Å²) >= 11 is 1.57. The zero-order valence-corrected chi connectivity index (χ0v) is 18.7. The summed E-state index contributed by atoms with van der Waals surface area (Å²) < 4.78 is 9.39. The van der Waals surface area contributed by atoms with E-state index in [2.05, 4.69) is 16.3 Å². The highest BCUT2D eigenvalue weighted by molar-refractivity contribution is 7.98. The van der Waals surface area contributed by atoms with E-state index in [9.17, 15) is 4.79 Å². The molecule has 0 atom stereocenters. The van der Waals surface area contributed by atoms with Crippen molar-refractivity contribution in [2.45, 2.75) is 24.8 Å². The Hall–Kier alpha value is -3.58. The molecule has 160 valence electrons. The fourth-order valence-electron chi connectivity index (χ4n) is 3.87. The van der Waals surface area contributed by atoms with Crippen molar-refractivity contribution in [1.29, 1.82) is 0 Å². The summed E-state index contributed by atoms with van der Waals surface area (Å²) in [5.41, 5.74) is 3.58. The first-order chi connectivity index (χ1) is 15.7. The highest BCUT2D eigenvalue weighted by Crippen LogP contribution is 2.29. The maximum Gasteiger partial charge on any atom is 0.267 e. The van der Waals surface area contributed by atoms with Crippen molar-refractivity contribution in [3.8, 4) is 11.4 Å². The molecule has 7 heteroatoms. The Morgan fingerprint density at radius 1 is 0.938 bits per heavy atom. The van der Waals surface area contributed by atoms with Crippen LogP contribution in [0.25, 0.3) is 22.4 Å². The minimum absolute atomic E-state index is 0.104. The minimum atomic E-state index is -0.104. The van der Waals surface area contributed by atoms with Crippen LogP contribution in [0.2, 0.25) is 0 Å². The summed E-state index contributed by atoms with van der Waals surface area (Å²) in [6, 6.07) is 23.4. The van der Waals surface area contributed by atoms with Crippen molar-refractivity contribution in [3.05, 3.63) is 94.3 Å². The summed E-state index contributed by atoms with van der Waals surface area (Å²) in [4.78, 5) is 13.5.